The molecule has 2 N–H and O–H groups in total. The van der Waals surface area contributed by atoms with Crippen molar-refractivity contribution in [2.75, 3.05) is 26.8 Å². The number of likely N-dealkylation sites (N-methyl/N-ethyl adjacent to an activating group) is 1. The number of nitrogens with one attached hydrogen (secondary N) is 2. The summed E-state index contributed by atoms with van der Waals surface area (Å²) in [4.78, 5) is 20.2. The maximum absolute atomic E-state index is 12.9. The summed E-state index contributed by atoms with van der Waals surface area (Å²) >= 11 is 0. The van der Waals surface area contributed by atoms with Crippen molar-refractivity contribution in [3.05, 3.63) is 47.2 Å². The fourth-order valence-corrected chi connectivity index (χ4v) is 4.57. The third-order valence-electron chi connectivity index (χ3n) is 6.31. The van der Waals surface area contributed by atoms with Gasteiger partial charge in [-0.05, 0) is 57.5 Å². The third-order valence-corrected chi connectivity index (χ3v) is 6.31. The molecule has 0 spiro atoms. The average Bonchev–Trinajstić information content (AvgIpc) is 3.17. The van der Waals surface area contributed by atoms with Crippen LogP contribution in [0.25, 0.3) is 0 Å². The lowest BCUT2D eigenvalue weighted by atomic mass is 9.96. The molecule has 1 saturated heterocycles. The number of carbonyl (C=O) groups excluding carboxylic acids is 1. The van der Waals surface area contributed by atoms with E-state index in [2.05, 4.69) is 41.7 Å². The van der Waals surface area contributed by atoms with E-state index < -0.39 is 0 Å². The number of allylic oxidation sites excluding steroid dienone is 2. The summed E-state index contributed by atoms with van der Waals surface area (Å²) < 4.78 is 11.2. The Morgan fingerprint density at radius 3 is 2.93 bits per heavy atom. The minimum atomic E-state index is -0.0715. The number of hydrogen-bond acceptors (Lipinski definition) is 6. The Kier molecular flexibility index (Phi) is 4.98. The van der Waals surface area contributed by atoms with Crippen molar-refractivity contribution in [3.8, 4) is 11.5 Å². The molecule has 1 amide bonds. The van der Waals surface area contributed by atoms with Crippen LogP contribution in [0.15, 0.2) is 46.6 Å². The first kappa shape index (κ1) is 19.2. The standard InChI is InChI=1S/C23H28N4O3/c1-14-3-5-17-18(11-14)26-22(25-17)19-13-16(7-8-27(19)2)24-23(28)15-4-6-20-21(12-15)30-10-9-29-20/h3-6,12,16,18-19H,7-11,13H2,1-2H3,(H,24,28)(H,25,26)/t16-,18?,19-/m1/s1. The zero-order valence-electron chi connectivity index (χ0n) is 17.5. The van der Waals surface area contributed by atoms with Gasteiger partial charge in [0.15, 0.2) is 11.5 Å². The summed E-state index contributed by atoms with van der Waals surface area (Å²) in [5.41, 5.74) is 3.15. The SMILES string of the molecule is CC1=CC=C2NC([C@H]3C[C@H](NC(=O)c4ccc5c(c4)OCCO5)CCN3C)=NC2C1. The molecule has 0 radical (unpaired) electrons. The number of likely N-dealkylation sites (tertiary alicyclic amines) is 1. The van der Waals surface area contributed by atoms with Crippen LogP contribution in [0.2, 0.25) is 0 Å². The Morgan fingerprint density at radius 2 is 2.07 bits per heavy atom. The van der Waals surface area contributed by atoms with Crippen molar-refractivity contribution in [1.82, 2.24) is 15.5 Å². The van der Waals surface area contributed by atoms with E-state index >= 15 is 0 Å². The first-order valence-corrected chi connectivity index (χ1v) is 10.7. The summed E-state index contributed by atoms with van der Waals surface area (Å²) in [6.45, 7) is 4.12. The van der Waals surface area contributed by atoms with Crippen LogP contribution in [-0.2, 0) is 0 Å². The molecule has 158 valence electrons. The predicted molar refractivity (Wildman–Crippen MR) is 115 cm³/mol. The van der Waals surface area contributed by atoms with Crippen molar-refractivity contribution in [1.29, 1.82) is 0 Å². The molecule has 7 nitrogen and oxygen atoms in total. The number of nitrogens with zero attached hydrogens (tertiary/aromatic N) is 2. The molecule has 7 heteroatoms. The van der Waals surface area contributed by atoms with Gasteiger partial charge in [-0.3, -0.25) is 14.7 Å². The first-order valence-electron chi connectivity index (χ1n) is 10.7. The molecule has 5 rings (SSSR count). The van der Waals surface area contributed by atoms with Gasteiger partial charge in [-0.1, -0.05) is 11.6 Å². The summed E-state index contributed by atoms with van der Waals surface area (Å²) in [5.74, 6) is 2.29. The van der Waals surface area contributed by atoms with E-state index in [1.807, 2.05) is 6.07 Å². The molecule has 30 heavy (non-hydrogen) atoms. The van der Waals surface area contributed by atoms with Gasteiger partial charge in [0.25, 0.3) is 5.91 Å². The van der Waals surface area contributed by atoms with Crippen molar-refractivity contribution in [2.24, 2.45) is 4.99 Å². The van der Waals surface area contributed by atoms with Gasteiger partial charge in [-0.15, -0.1) is 0 Å². The highest BCUT2D eigenvalue weighted by molar-refractivity contribution is 5.95. The summed E-state index contributed by atoms with van der Waals surface area (Å²) in [7, 11) is 2.13. The second-order valence-corrected chi connectivity index (χ2v) is 8.54. The lowest BCUT2D eigenvalue weighted by Crippen LogP contribution is -2.53. The number of piperidine rings is 1. The number of ether oxygens (including phenoxy) is 2. The molecule has 0 aromatic heterocycles. The second kappa shape index (κ2) is 7.80. The highest BCUT2D eigenvalue weighted by Crippen LogP contribution is 2.31. The minimum Gasteiger partial charge on any atom is -0.486 e. The molecule has 3 atom stereocenters. The lowest BCUT2D eigenvalue weighted by Gasteiger charge is -2.37. The number of fused-ring (bicyclic) bond motifs is 2. The fourth-order valence-electron chi connectivity index (χ4n) is 4.57. The number of amidine groups is 1. The van der Waals surface area contributed by atoms with E-state index in [1.165, 1.54) is 11.3 Å². The fraction of sp³-hybridized carbons (Fsp3) is 0.478. The van der Waals surface area contributed by atoms with Gasteiger partial charge in [-0.25, -0.2) is 0 Å². The number of benzene rings is 1. The van der Waals surface area contributed by atoms with Crippen molar-refractivity contribution in [3.63, 3.8) is 0 Å². The van der Waals surface area contributed by atoms with Crippen LogP contribution in [-0.4, -0.2) is 61.6 Å². The maximum Gasteiger partial charge on any atom is 0.251 e. The molecule has 3 heterocycles. The van der Waals surface area contributed by atoms with E-state index in [0.717, 1.165) is 31.6 Å². The molecular weight excluding hydrogens is 380 g/mol. The molecule has 0 saturated carbocycles. The minimum absolute atomic E-state index is 0.0715. The van der Waals surface area contributed by atoms with Crippen LogP contribution in [0.5, 0.6) is 11.5 Å². The van der Waals surface area contributed by atoms with Gasteiger partial charge < -0.3 is 20.1 Å². The van der Waals surface area contributed by atoms with E-state index in [9.17, 15) is 4.79 Å². The zero-order chi connectivity index (χ0) is 20.7. The number of hydrogen-bond donors (Lipinski definition) is 2. The molecule has 1 aliphatic carbocycles. The van der Waals surface area contributed by atoms with E-state index in [1.54, 1.807) is 12.1 Å². The topological polar surface area (TPSA) is 75.2 Å². The molecule has 3 aliphatic heterocycles. The molecule has 1 aromatic carbocycles. The van der Waals surface area contributed by atoms with Gasteiger partial charge in [0.05, 0.1) is 12.1 Å². The highest BCUT2D eigenvalue weighted by Gasteiger charge is 2.35. The number of aliphatic imine (C=N–C) groups is 1. The van der Waals surface area contributed by atoms with E-state index in [4.69, 9.17) is 14.5 Å². The average molecular weight is 409 g/mol. The summed E-state index contributed by atoms with van der Waals surface area (Å²) in [6, 6.07) is 5.87. The van der Waals surface area contributed by atoms with Crippen LogP contribution in [0.1, 0.15) is 36.5 Å². The Balaban J connectivity index is 1.25. The van der Waals surface area contributed by atoms with Crippen molar-refractivity contribution < 1.29 is 14.3 Å². The van der Waals surface area contributed by atoms with Gasteiger partial charge in [0.1, 0.15) is 19.0 Å². The summed E-state index contributed by atoms with van der Waals surface area (Å²) in [5, 5.41) is 6.75. The Morgan fingerprint density at radius 1 is 1.23 bits per heavy atom. The molecule has 0 bridgehead atoms. The van der Waals surface area contributed by atoms with Crippen molar-refractivity contribution >= 4 is 11.7 Å². The smallest absolute Gasteiger partial charge is 0.251 e. The predicted octanol–water partition coefficient (Wildman–Crippen LogP) is 2.25. The summed E-state index contributed by atoms with van der Waals surface area (Å²) in [6.07, 6.45) is 7.04. The number of amides is 1. The second-order valence-electron chi connectivity index (χ2n) is 8.54. The normalized spacial score (nSPS) is 27.9. The molecule has 1 fully saturated rings. The van der Waals surface area contributed by atoms with E-state index in [-0.39, 0.29) is 24.0 Å². The zero-order valence-corrected chi connectivity index (χ0v) is 17.5. The Hall–Kier alpha value is -2.80. The van der Waals surface area contributed by atoms with Crippen LogP contribution in [0.3, 0.4) is 0 Å². The van der Waals surface area contributed by atoms with Crippen LogP contribution >= 0.6 is 0 Å². The largest absolute Gasteiger partial charge is 0.486 e. The number of carbonyl (C=O) groups is 1. The number of rotatable bonds is 3. The van der Waals surface area contributed by atoms with Crippen LogP contribution in [0.4, 0.5) is 0 Å². The molecule has 1 aromatic rings. The van der Waals surface area contributed by atoms with Crippen LogP contribution < -0.4 is 20.1 Å². The monoisotopic (exact) mass is 408 g/mol. The molecule has 1 unspecified atom stereocenters. The van der Waals surface area contributed by atoms with Gasteiger partial charge >= 0.3 is 0 Å². The highest BCUT2D eigenvalue weighted by atomic mass is 16.6. The van der Waals surface area contributed by atoms with Crippen LogP contribution in [0, 0.1) is 0 Å². The van der Waals surface area contributed by atoms with Crippen molar-refractivity contribution in [2.45, 2.75) is 44.3 Å². The lowest BCUT2D eigenvalue weighted by molar-refractivity contribution is 0.0906. The van der Waals surface area contributed by atoms with Gasteiger partial charge in [0, 0.05) is 23.8 Å². The van der Waals surface area contributed by atoms with Gasteiger partial charge in [0.2, 0.25) is 0 Å². The Bertz CT molecular complexity index is 952. The molecular formula is C23H28N4O3. The quantitative estimate of drug-likeness (QED) is 0.803. The third kappa shape index (κ3) is 3.69. The van der Waals surface area contributed by atoms with Gasteiger partial charge in [-0.2, -0.15) is 0 Å². The Labute approximate surface area is 176 Å². The first-order chi connectivity index (χ1) is 14.6. The maximum atomic E-state index is 12.9. The molecule has 4 aliphatic rings. The van der Waals surface area contributed by atoms with E-state index in [0.29, 0.717) is 30.3 Å².